The van der Waals surface area contributed by atoms with Gasteiger partial charge in [-0.05, 0) is 30.5 Å². The van der Waals surface area contributed by atoms with Crippen molar-refractivity contribution >= 4 is 11.6 Å². The van der Waals surface area contributed by atoms with Crippen LogP contribution in [0.4, 0.5) is 5.69 Å². The quantitative estimate of drug-likeness (QED) is 0.864. The summed E-state index contributed by atoms with van der Waals surface area (Å²) in [7, 11) is 0. The lowest BCUT2D eigenvalue weighted by molar-refractivity contribution is -0.130. The van der Waals surface area contributed by atoms with Crippen LogP contribution in [0.5, 0.6) is 0 Å². The molecule has 2 aromatic rings. The van der Waals surface area contributed by atoms with Crippen LogP contribution >= 0.6 is 0 Å². The lowest BCUT2D eigenvalue weighted by Crippen LogP contribution is -2.39. The Hall–Kier alpha value is -2.57. The third-order valence-corrected chi connectivity index (χ3v) is 3.75. The third kappa shape index (κ3) is 2.28. The zero-order valence-electron chi connectivity index (χ0n) is 12.4. The number of carbonyl (C=O) groups is 1. The van der Waals surface area contributed by atoms with Gasteiger partial charge in [-0.15, -0.1) is 0 Å². The number of para-hydroxylation sites is 1. The van der Waals surface area contributed by atoms with Gasteiger partial charge in [-0.25, -0.2) is 0 Å². The topological polar surface area (TPSA) is 40.5 Å². The molecule has 22 heavy (non-hydrogen) atoms. The fourth-order valence-corrected chi connectivity index (χ4v) is 2.69. The minimum Gasteiger partial charge on any atom is -0.366 e. The summed E-state index contributed by atoms with van der Waals surface area (Å²) in [6, 6.07) is 16.7. The highest BCUT2D eigenvalue weighted by atomic mass is 16.3. The molecule has 1 aliphatic rings. The SMILES string of the molecule is CCCN1C(=O)C(O)(C#Cc2ccccc2)c2ccccc21. The van der Waals surface area contributed by atoms with Crippen LogP contribution in [-0.4, -0.2) is 17.6 Å². The van der Waals surface area contributed by atoms with Gasteiger partial charge in [0, 0.05) is 17.7 Å². The number of aliphatic hydroxyl groups is 1. The second kappa shape index (κ2) is 5.67. The van der Waals surface area contributed by atoms with Crippen molar-refractivity contribution < 1.29 is 9.90 Å². The smallest absolute Gasteiger partial charge is 0.276 e. The van der Waals surface area contributed by atoms with Gasteiger partial charge in [-0.2, -0.15) is 0 Å². The summed E-state index contributed by atoms with van der Waals surface area (Å²) < 4.78 is 0. The van der Waals surface area contributed by atoms with Gasteiger partial charge in [0.25, 0.3) is 5.91 Å². The van der Waals surface area contributed by atoms with Gasteiger partial charge in [0.05, 0.1) is 5.69 Å². The van der Waals surface area contributed by atoms with E-state index in [0.29, 0.717) is 12.1 Å². The van der Waals surface area contributed by atoms with Crippen LogP contribution in [0.2, 0.25) is 0 Å². The number of hydrogen-bond acceptors (Lipinski definition) is 2. The number of carbonyl (C=O) groups excluding carboxylic acids is 1. The highest BCUT2D eigenvalue weighted by Gasteiger charge is 2.48. The van der Waals surface area contributed by atoms with E-state index in [1.54, 1.807) is 11.0 Å². The molecule has 0 spiro atoms. The molecule has 3 heteroatoms. The molecule has 110 valence electrons. The molecule has 1 atom stereocenters. The first-order chi connectivity index (χ1) is 10.7. The second-order valence-electron chi connectivity index (χ2n) is 5.30. The van der Waals surface area contributed by atoms with E-state index in [1.807, 2.05) is 55.5 Å². The third-order valence-electron chi connectivity index (χ3n) is 3.75. The molecule has 0 aromatic heterocycles. The molecular formula is C19H17NO2. The highest BCUT2D eigenvalue weighted by Crippen LogP contribution is 2.39. The van der Waals surface area contributed by atoms with E-state index in [0.717, 1.165) is 17.7 Å². The number of fused-ring (bicyclic) bond motifs is 1. The van der Waals surface area contributed by atoms with Crippen molar-refractivity contribution in [1.29, 1.82) is 0 Å². The number of benzene rings is 2. The number of anilines is 1. The first-order valence-corrected chi connectivity index (χ1v) is 7.39. The molecule has 0 saturated heterocycles. The molecule has 3 rings (SSSR count). The van der Waals surface area contributed by atoms with Crippen molar-refractivity contribution in [3.63, 3.8) is 0 Å². The Morgan fingerprint density at radius 3 is 2.50 bits per heavy atom. The summed E-state index contributed by atoms with van der Waals surface area (Å²) in [5.74, 6) is 5.33. The molecule has 3 nitrogen and oxygen atoms in total. The monoisotopic (exact) mass is 291 g/mol. The number of amides is 1. The van der Waals surface area contributed by atoms with Crippen LogP contribution < -0.4 is 4.90 Å². The van der Waals surface area contributed by atoms with Crippen LogP contribution in [0.3, 0.4) is 0 Å². The second-order valence-corrected chi connectivity index (χ2v) is 5.30. The Labute approximate surface area is 130 Å². The van der Waals surface area contributed by atoms with Gasteiger partial charge in [0.1, 0.15) is 0 Å². The summed E-state index contributed by atoms with van der Waals surface area (Å²) in [6.07, 6.45) is 0.822. The normalized spacial score (nSPS) is 19.5. The largest absolute Gasteiger partial charge is 0.366 e. The summed E-state index contributed by atoms with van der Waals surface area (Å²) in [5, 5.41) is 10.9. The molecule has 0 saturated carbocycles. The number of hydrogen-bond donors (Lipinski definition) is 1. The summed E-state index contributed by atoms with van der Waals surface area (Å²) in [5.41, 5.74) is 0.327. The summed E-state index contributed by atoms with van der Waals surface area (Å²) in [6.45, 7) is 2.58. The molecule has 1 heterocycles. The van der Waals surface area contributed by atoms with Crippen molar-refractivity contribution in [3.05, 3.63) is 65.7 Å². The van der Waals surface area contributed by atoms with E-state index in [2.05, 4.69) is 11.8 Å². The molecule has 0 radical (unpaired) electrons. The zero-order valence-corrected chi connectivity index (χ0v) is 12.4. The van der Waals surface area contributed by atoms with E-state index in [4.69, 9.17) is 0 Å². The first kappa shape index (κ1) is 14.4. The van der Waals surface area contributed by atoms with Crippen molar-refractivity contribution in [2.45, 2.75) is 18.9 Å². The van der Waals surface area contributed by atoms with Gasteiger partial charge in [0.15, 0.2) is 0 Å². The van der Waals surface area contributed by atoms with E-state index in [1.165, 1.54) is 0 Å². The minimum absolute atomic E-state index is 0.362. The van der Waals surface area contributed by atoms with E-state index >= 15 is 0 Å². The maximum absolute atomic E-state index is 12.7. The van der Waals surface area contributed by atoms with Crippen molar-refractivity contribution in [3.8, 4) is 11.8 Å². The number of nitrogens with zero attached hydrogens (tertiary/aromatic N) is 1. The van der Waals surface area contributed by atoms with E-state index in [-0.39, 0.29) is 5.91 Å². The van der Waals surface area contributed by atoms with Crippen LogP contribution in [0.1, 0.15) is 24.5 Å². The van der Waals surface area contributed by atoms with Crippen LogP contribution in [0.25, 0.3) is 0 Å². The van der Waals surface area contributed by atoms with Gasteiger partial charge in [-0.3, -0.25) is 4.79 Å². The molecule has 1 amide bonds. The van der Waals surface area contributed by atoms with Gasteiger partial charge < -0.3 is 10.0 Å². The van der Waals surface area contributed by atoms with E-state index < -0.39 is 5.60 Å². The maximum Gasteiger partial charge on any atom is 0.276 e. The fraction of sp³-hybridized carbons (Fsp3) is 0.211. The first-order valence-electron chi connectivity index (χ1n) is 7.39. The molecule has 0 aliphatic carbocycles. The fourth-order valence-electron chi connectivity index (χ4n) is 2.69. The molecular weight excluding hydrogens is 274 g/mol. The van der Waals surface area contributed by atoms with E-state index in [9.17, 15) is 9.90 Å². The van der Waals surface area contributed by atoms with Gasteiger partial charge >= 0.3 is 0 Å². The maximum atomic E-state index is 12.7. The van der Waals surface area contributed by atoms with Gasteiger partial charge in [0.2, 0.25) is 5.60 Å². The Morgan fingerprint density at radius 2 is 1.77 bits per heavy atom. The Bertz CT molecular complexity index is 758. The lowest BCUT2D eigenvalue weighted by atomic mass is 9.95. The molecule has 1 N–H and O–H groups in total. The van der Waals surface area contributed by atoms with Gasteiger partial charge in [-0.1, -0.05) is 49.2 Å². The van der Waals surface area contributed by atoms with Crippen molar-refractivity contribution in [2.75, 3.05) is 11.4 Å². The Morgan fingerprint density at radius 1 is 1.09 bits per heavy atom. The summed E-state index contributed by atoms with van der Waals surface area (Å²) in [4.78, 5) is 14.3. The number of rotatable bonds is 2. The van der Waals surface area contributed by atoms with Crippen LogP contribution in [0, 0.1) is 11.8 Å². The van der Waals surface area contributed by atoms with Crippen LogP contribution in [0.15, 0.2) is 54.6 Å². The predicted molar refractivity (Wildman–Crippen MR) is 86.3 cm³/mol. The van der Waals surface area contributed by atoms with Crippen molar-refractivity contribution in [2.24, 2.45) is 0 Å². The molecule has 0 fully saturated rings. The molecule has 1 unspecified atom stereocenters. The minimum atomic E-state index is -1.76. The molecule has 0 bridgehead atoms. The zero-order chi connectivity index (χ0) is 15.6. The lowest BCUT2D eigenvalue weighted by Gasteiger charge is -2.18. The average molecular weight is 291 g/mol. The molecule has 2 aromatic carbocycles. The molecule has 1 aliphatic heterocycles. The highest BCUT2D eigenvalue weighted by molar-refractivity contribution is 6.09. The van der Waals surface area contributed by atoms with Crippen molar-refractivity contribution in [1.82, 2.24) is 0 Å². The average Bonchev–Trinajstić information content (AvgIpc) is 2.77. The van der Waals surface area contributed by atoms with Crippen LogP contribution in [-0.2, 0) is 10.4 Å². The summed E-state index contributed by atoms with van der Waals surface area (Å²) >= 11 is 0. The Kier molecular flexibility index (Phi) is 3.70. The predicted octanol–water partition coefficient (Wildman–Crippen LogP) is 2.68. The standard InChI is InChI=1S/C19H17NO2/c1-2-14-20-17-11-7-6-10-16(17)19(22,18(20)21)13-12-15-8-4-3-5-9-15/h3-11,22H,2,14H2,1H3. The Balaban J connectivity index is 2.06.